The first-order chi connectivity index (χ1) is 8.70. The molecule has 92 valence electrons. The van der Waals surface area contributed by atoms with Crippen molar-refractivity contribution < 1.29 is 4.79 Å². The number of amides is 1. The minimum Gasteiger partial charge on any atom is -0.372 e. The van der Waals surface area contributed by atoms with E-state index in [0.29, 0.717) is 22.2 Å². The summed E-state index contributed by atoms with van der Waals surface area (Å²) in [6, 6.07) is 4.85. The van der Waals surface area contributed by atoms with Crippen LogP contribution in [0.15, 0.2) is 30.6 Å². The number of pyridine rings is 1. The lowest BCUT2D eigenvalue weighted by Gasteiger charge is -2.06. The van der Waals surface area contributed by atoms with E-state index in [2.05, 4.69) is 25.8 Å². The Morgan fingerprint density at radius 2 is 2.28 bits per heavy atom. The molecule has 6 nitrogen and oxygen atoms in total. The van der Waals surface area contributed by atoms with Crippen LogP contribution in [0.1, 0.15) is 10.4 Å². The van der Waals surface area contributed by atoms with Crippen molar-refractivity contribution in [3.63, 3.8) is 0 Å². The summed E-state index contributed by atoms with van der Waals surface area (Å²) in [5.41, 5.74) is 0.352. The summed E-state index contributed by atoms with van der Waals surface area (Å²) in [5, 5.41) is 13.2. The topological polar surface area (TPSA) is 79.8 Å². The van der Waals surface area contributed by atoms with Crippen LogP contribution >= 0.6 is 11.6 Å². The second-order valence-electron chi connectivity index (χ2n) is 3.37. The fraction of sp³-hybridized carbons (Fsp3) is 0.0909. The molecular formula is C11H10ClN5O. The molecule has 1 amide bonds. The Labute approximate surface area is 108 Å². The number of rotatable bonds is 3. The maximum Gasteiger partial charge on any atom is 0.258 e. The summed E-state index contributed by atoms with van der Waals surface area (Å²) in [7, 11) is 1.70. The van der Waals surface area contributed by atoms with Crippen molar-refractivity contribution in [1.82, 2.24) is 15.2 Å². The van der Waals surface area contributed by atoms with Gasteiger partial charge in [-0.2, -0.15) is 5.10 Å². The second-order valence-corrected chi connectivity index (χ2v) is 3.77. The monoisotopic (exact) mass is 263 g/mol. The van der Waals surface area contributed by atoms with Gasteiger partial charge >= 0.3 is 0 Å². The largest absolute Gasteiger partial charge is 0.372 e. The molecule has 0 aliphatic rings. The van der Waals surface area contributed by atoms with Crippen molar-refractivity contribution in [3.05, 3.63) is 41.2 Å². The van der Waals surface area contributed by atoms with Gasteiger partial charge in [-0.05, 0) is 18.2 Å². The summed E-state index contributed by atoms with van der Waals surface area (Å²) in [6.45, 7) is 0. The highest BCUT2D eigenvalue weighted by Gasteiger charge is 2.10. The molecule has 0 fully saturated rings. The van der Waals surface area contributed by atoms with Gasteiger partial charge in [-0.25, -0.2) is 4.98 Å². The third kappa shape index (κ3) is 2.72. The molecule has 0 aromatic carbocycles. The second kappa shape index (κ2) is 5.42. The average Bonchev–Trinajstić information content (AvgIpc) is 2.39. The van der Waals surface area contributed by atoms with Crippen molar-refractivity contribution in [2.45, 2.75) is 0 Å². The number of anilines is 2. The van der Waals surface area contributed by atoms with Crippen LogP contribution in [0.2, 0.25) is 5.02 Å². The lowest BCUT2D eigenvalue weighted by Crippen LogP contribution is -2.13. The van der Waals surface area contributed by atoms with Gasteiger partial charge in [0.05, 0.1) is 10.6 Å². The maximum atomic E-state index is 11.9. The Balaban J connectivity index is 2.17. The molecule has 7 heteroatoms. The lowest BCUT2D eigenvalue weighted by molar-refractivity contribution is 0.102. The Hall–Kier alpha value is -2.21. The zero-order chi connectivity index (χ0) is 13.0. The van der Waals surface area contributed by atoms with Crippen molar-refractivity contribution in [2.24, 2.45) is 0 Å². The molecule has 2 aromatic rings. The van der Waals surface area contributed by atoms with Crippen molar-refractivity contribution >= 4 is 29.1 Å². The maximum absolute atomic E-state index is 11.9. The lowest BCUT2D eigenvalue weighted by atomic mass is 10.2. The number of hydrogen-bond acceptors (Lipinski definition) is 5. The normalized spacial score (nSPS) is 9.89. The highest BCUT2D eigenvalue weighted by Crippen LogP contribution is 2.19. The molecule has 0 atom stereocenters. The van der Waals surface area contributed by atoms with Gasteiger partial charge in [0.25, 0.3) is 5.91 Å². The van der Waals surface area contributed by atoms with Crippen molar-refractivity contribution in [3.8, 4) is 0 Å². The van der Waals surface area contributed by atoms with Gasteiger partial charge in [-0.1, -0.05) is 11.6 Å². The first kappa shape index (κ1) is 12.3. The van der Waals surface area contributed by atoms with Gasteiger partial charge in [0.15, 0.2) is 5.82 Å². The molecule has 2 heterocycles. The van der Waals surface area contributed by atoms with Crippen LogP contribution in [0.25, 0.3) is 0 Å². The predicted octanol–water partition coefficient (Wildman–Crippen LogP) is 1.82. The molecule has 2 rings (SSSR count). The van der Waals surface area contributed by atoms with Gasteiger partial charge in [0.1, 0.15) is 5.82 Å². The van der Waals surface area contributed by atoms with Gasteiger partial charge in [0, 0.05) is 19.4 Å². The number of nitrogens with one attached hydrogen (secondary N) is 2. The highest BCUT2D eigenvalue weighted by atomic mass is 35.5. The van der Waals surface area contributed by atoms with Crippen LogP contribution in [0.3, 0.4) is 0 Å². The predicted molar refractivity (Wildman–Crippen MR) is 68.8 cm³/mol. The first-order valence-electron chi connectivity index (χ1n) is 5.13. The van der Waals surface area contributed by atoms with Gasteiger partial charge < -0.3 is 10.6 Å². The Kier molecular flexibility index (Phi) is 3.69. The molecule has 0 unspecified atom stereocenters. The number of aromatic nitrogens is 3. The minimum atomic E-state index is -0.340. The minimum absolute atomic E-state index is 0.340. The molecule has 18 heavy (non-hydrogen) atoms. The van der Waals surface area contributed by atoms with Crippen LogP contribution in [-0.2, 0) is 0 Å². The van der Waals surface area contributed by atoms with Crippen LogP contribution < -0.4 is 10.6 Å². The number of halogens is 1. The van der Waals surface area contributed by atoms with E-state index in [0.717, 1.165) is 0 Å². The molecule has 0 saturated carbocycles. The quantitative estimate of drug-likeness (QED) is 0.883. The molecule has 2 N–H and O–H groups in total. The number of carbonyl (C=O) groups is 1. The summed E-state index contributed by atoms with van der Waals surface area (Å²) in [4.78, 5) is 15.9. The summed E-state index contributed by atoms with van der Waals surface area (Å²) in [6.07, 6.45) is 2.96. The van der Waals surface area contributed by atoms with E-state index in [9.17, 15) is 4.79 Å². The fourth-order valence-corrected chi connectivity index (χ4v) is 1.56. The van der Waals surface area contributed by atoms with Gasteiger partial charge in [-0.15, -0.1) is 5.10 Å². The summed E-state index contributed by atoms with van der Waals surface area (Å²) in [5.74, 6) is 0.552. The molecule has 0 saturated heterocycles. The number of nitrogens with zero attached hydrogens (tertiary/aromatic N) is 3. The van der Waals surface area contributed by atoms with Crippen LogP contribution in [0.4, 0.5) is 11.6 Å². The summed E-state index contributed by atoms with van der Waals surface area (Å²) < 4.78 is 0. The van der Waals surface area contributed by atoms with E-state index >= 15 is 0 Å². The van der Waals surface area contributed by atoms with E-state index in [1.165, 1.54) is 18.5 Å². The summed E-state index contributed by atoms with van der Waals surface area (Å²) >= 11 is 5.94. The zero-order valence-corrected chi connectivity index (χ0v) is 10.3. The molecular weight excluding hydrogens is 254 g/mol. The van der Waals surface area contributed by atoms with Crippen LogP contribution in [-0.4, -0.2) is 28.1 Å². The fourth-order valence-electron chi connectivity index (χ4n) is 1.30. The number of hydrogen-bond donors (Lipinski definition) is 2. The van der Waals surface area contributed by atoms with Gasteiger partial charge in [0.2, 0.25) is 0 Å². The molecule has 0 spiro atoms. The van der Waals surface area contributed by atoms with Crippen LogP contribution in [0.5, 0.6) is 0 Å². The Morgan fingerprint density at radius 1 is 1.44 bits per heavy atom. The molecule has 2 aromatic heterocycles. The third-order valence-corrected chi connectivity index (χ3v) is 2.44. The molecule has 0 aliphatic carbocycles. The smallest absolute Gasteiger partial charge is 0.258 e. The Bertz CT molecular complexity index is 561. The first-order valence-corrected chi connectivity index (χ1v) is 5.51. The average molecular weight is 264 g/mol. The zero-order valence-electron chi connectivity index (χ0n) is 9.51. The highest BCUT2D eigenvalue weighted by molar-refractivity contribution is 6.33. The van der Waals surface area contributed by atoms with E-state index in [1.54, 1.807) is 19.2 Å². The van der Waals surface area contributed by atoms with Crippen LogP contribution in [0, 0.1) is 0 Å². The van der Waals surface area contributed by atoms with Crippen molar-refractivity contribution in [2.75, 3.05) is 17.7 Å². The number of carbonyl (C=O) groups excluding carboxylic acids is 1. The molecule has 0 aliphatic heterocycles. The van der Waals surface area contributed by atoms with E-state index in [1.807, 2.05) is 0 Å². The molecule has 0 radical (unpaired) electrons. The van der Waals surface area contributed by atoms with Crippen molar-refractivity contribution in [1.29, 1.82) is 0 Å². The SMILES string of the molecule is CNc1ncc(C(=O)Nc2cccnn2)cc1Cl. The standard InChI is InChI=1S/C11H10ClN5O/c1-13-10-8(12)5-7(6-14-10)11(18)16-9-3-2-4-15-17-9/h2-6H,1H3,(H,13,14)(H,16,17,18). The van der Waals surface area contributed by atoms with E-state index in [4.69, 9.17) is 11.6 Å². The van der Waals surface area contributed by atoms with Gasteiger partial charge in [-0.3, -0.25) is 4.79 Å². The van der Waals surface area contributed by atoms with E-state index < -0.39 is 0 Å². The van der Waals surface area contributed by atoms with E-state index in [-0.39, 0.29) is 5.91 Å². The third-order valence-electron chi connectivity index (χ3n) is 2.15. The Morgan fingerprint density at radius 3 is 2.89 bits per heavy atom. The molecule has 0 bridgehead atoms.